The van der Waals surface area contributed by atoms with Crippen molar-refractivity contribution in [2.24, 2.45) is 0 Å². The zero-order chi connectivity index (χ0) is 19.6. The Hall–Kier alpha value is -2.47. The van der Waals surface area contributed by atoms with Gasteiger partial charge in [0.05, 0.1) is 12.3 Å². The molecule has 1 heterocycles. The van der Waals surface area contributed by atoms with Crippen molar-refractivity contribution >= 4 is 33.6 Å². The molecule has 1 amide bonds. The van der Waals surface area contributed by atoms with Crippen LogP contribution in [0.1, 0.15) is 24.8 Å². The van der Waals surface area contributed by atoms with E-state index >= 15 is 0 Å². The molecule has 1 N–H and O–H groups in total. The molecule has 2 aromatic carbocycles. The van der Waals surface area contributed by atoms with Gasteiger partial charge in [-0.15, -0.1) is 0 Å². The van der Waals surface area contributed by atoms with Gasteiger partial charge in [0.1, 0.15) is 19.0 Å². The molecule has 3 rings (SSSR count). The molecule has 6 heteroatoms. The molecule has 0 fully saturated rings. The summed E-state index contributed by atoms with van der Waals surface area (Å²) in [6.07, 6.45) is 6.63. The molecule has 5 nitrogen and oxygen atoms in total. The molecule has 1 aliphatic rings. The first kappa shape index (κ1) is 20.3. The van der Waals surface area contributed by atoms with Gasteiger partial charge in [0.2, 0.25) is 5.91 Å². The fourth-order valence-electron chi connectivity index (χ4n) is 2.76. The molecule has 0 aromatic heterocycles. The summed E-state index contributed by atoms with van der Waals surface area (Å²) in [6.45, 7) is 1.71. The number of anilines is 1. The van der Waals surface area contributed by atoms with E-state index in [1.807, 2.05) is 36.4 Å². The number of hydrogen-bond acceptors (Lipinski definition) is 4. The summed E-state index contributed by atoms with van der Waals surface area (Å²) in [7, 11) is 0. The Bertz CT molecular complexity index is 805. The molecule has 0 aliphatic carbocycles. The number of nitrogens with one attached hydrogen (secondary N) is 1. The zero-order valence-corrected chi connectivity index (χ0v) is 17.2. The normalized spacial score (nSPS) is 12.8. The van der Waals surface area contributed by atoms with Gasteiger partial charge in [-0.2, -0.15) is 0 Å². The molecule has 0 atom stereocenters. The maximum absolute atomic E-state index is 12.2. The number of carbonyl (C=O) groups is 1. The van der Waals surface area contributed by atoms with Gasteiger partial charge in [-0.25, -0.2) is 0 Å². The SMILES string of the molecule is O=C(/C=C/c1ccc(OCCCCCBr)cc1)Nc1cccc2c1OCCO2. The van der Waals surface area contributed by atoms with E-state index < -0.39 is 0 Å². The minimum atomic E-state index is -0.227. The lowest BCUT2D eigenvalue weighted by molar-refractivity contribution is -0.111. The van der Waals surface area contributed by atoms with Gasteiger partial charge in [-0.1, -0.05) is 34.1 Å². The molecule has 0 radical (unpaired) electrons. The molecule has 0 bridgehead atoms. The van der Waals surface area contributed by atoms with Crippen LogP contribution in [0.4, 0.5) is 5.69 Å². The summed E-state index contributed by atoms with van der Waals surface area (Å²) in [5.41, 5.74) is 1.53. The van der Waals surface area contributed by atoms with Crippen molar-refractivity contribution in [3.05, 3.63) is 54.1 Å². The van der Waals surface area contributed by atoms with Crippen LogP contribution in [-0.2, 0) is 4.79 Å². The van der Waals surface area contributed by atoms with Crippen LogP contribution in [-0.4, -0.2) is 31.1 Å². The molecule has 0 saturated carbocycles. The molecule has 0 unspecified atom stereocenters. The largest absolute Gasteiger partial charge is 0.494 e. The number of halogens is 1. The van der Waals surface area contributed by atoms with Crippen LogP contribution in [0, 0.1) is 0 Å². The van der Waals surface area contributed by atoms with Gasteiger partial charge in [0.15, 0.2) is 11.5 Å². The first-order chi connectivity index (χ1) is 13.8. The summed E-state index contributed by atoms with van der Waals surface area (Å²) in [5.74, 6) is 1.84. The van der Waals surface area contributed by atoms with Crippen molar-refractivity contribution < 1.29 is 19.0 Å². The number of para-hydroxylation sites is 1. The van der Waals surface area contributed by atoms with Crippen molar-refractivity contribution in [1.82, 2.24) is 0 Å². The lowest BCUT2D eigenvalue weighted by atomic mass is 10.2. The van der Waals surface area contributed by atoms with Gasteiger partial charge < -0.3 is 19.5 Å². The Balaban J connectivity index is 1.50. The van der Waals surface area contributed by atoms with Gasteiger partial charge in [0.25, 0.3) is 0 Å². The van der Waals surface area contributed by atoms with Gasteiger partial charge >= 0.3 is 0 Å². The third-order valence-electron chi connectivity index (χ3n) is 4.18. The van der Waals surface area contributed by atoms with Crippen LogP contribution in [0.3, 0.4) is 0 Å². The Morgan fingerprint density at radius 2 is 1.89 bits per heavy atom. The van der Waals surface area contributed by atoms with Crippen LogP contribution in [0.2, 0.25) is 0 Å². The summed E-state index contributed by atoms with van der Waals surface area (Å²) >= 11 is 3.43. The summed E-state index contributed by atoms with van der Waals surface area (Å²) in [4.78, 5) is 12.2. The van der Waals surface area contributed by atoms with Gasteiger partial charge in [-0.05, 0) is 55.2 Å². The molecule has 1 aliphatic heterocycles. The molecular formula is C22H24BrNO4. The van der Waals surface area contributed by atoms with E-state index in [0.29, 0.717) is 30.4 Å². The van der Waals surface area contributed by atoms with E-state index in [4.69, 9.17) is 14.2 Å². The predicted molar refractivity (Wildman–Crippen MR) is 115 cm³/mol. The lowest BCUT2D eigenvalue weighted by Gasteiger charge is -2.20. The minimum Gasteiger partial charge on any atom is -0.494 e. The van der Waals surface area contributed by atoms with E-state index in [1.54, 1.807) is 12.1 Å². The van der Waals surface area contributed by atoms with Gasteiger partial charge in [0, 0.05) is 11.4 Å². The van der Waals surface area contributed by atoms with E-state index in [0.717, 1.165) is 36.1 Å². The number of benzene rings is 2. The van der Waals surface area contributed by atoms with Crippen molar-refractivity contribution in [2.45, 2.75) is 19.3 Å². The third-order valence-corrected chi connectivity index (χ3v) is 4.74. The Kier molecular flexibility index (Phi) is 7.79. The average Bonchev–Trinajstić information content (AvgIpc) is 2.73. The number of hydrogen-bond donors (Lipinski definition) is 1. The molecule has 2 aromatic rings. The first-order valence-corrected chi connectivity index (χ1v) is 10.5. The van der Waals surface area contributed by atoms with Crippen molar-refractivity contribution in [1.29, 1.82) is 0 Å². The second-order valence-electron chi connectivity index (χ2n) is 6.32. The number of unbranched alkanes of at least 4 members (excludes halogenated alkanes) is 2. The third kappa shape index (κ3) is 6.02. The molecule has 0 spiro atoms. The number of alkyl halides is 1. The van der Waals surface area contributed by atoms with E-state index in [1.165, 1.54) is 12.5 Å². The van der Waals surface area contributed by atoms with Gasteiger partial charge in [-0.3, -0.25) is 4.79 Å². The quantitative estimate of drug-likeness (QED) is 0.333. The molecule has 0 saturated heterocycles. The highest BCUT2D eigenvalue weighted by molar-refractivity contribution is 9.09. The Morgan fingerprint density at radius 1 is 1.07 bits per heavy atom. The first-order valence-electron chi connectivity index (χ1n) is 9.43. The van der Waals surface area contributed by atoms with E-state index in [-0.39, 0.29) is 5.91 Å². The summed E-state index contributed by atoms with van der Waals surface area (Å²) < 4.78 is 16.9. The maximum atomic E-state index is 12.2. The maximum Gasteiger partial charge on any atom is 0.248 e. The highest BCUT2D eigenvalue weighted by Gasteiger charge is 2.16. The highest BCUT2D eigenvalue weighted by atomic mass is 79.9. The summed E-state index contributed by atoms with van der Waals surface area (Å²) in [5, 5.41) is 3.87. The number of ether oxygens (including phenoxy) is 3. The van der Waals surface area contributed by atoms with Crippen LogP contribution in [0.15, 0.2) is 48.5 Å². The predicted octanol–water partition coefficient (Wildman–Crippen LogP) is 5.05. The number of rotatable bonds is 9. The number of fused-ring (bicyclic) bond motifs is 1. The lowest BCUT2D eigenvalue weighted by Crippen LogP contribution is -2.17. The summed E-state index contributed by atoms with van der Waals surface area (Å²) in [6, 6.07) is 13.1. The minimum absolute atomic E-state index is 0.227. The topological polar surface area (TPSA) is 56.8 Å². The second-order valence-corrected chi connectivity index (χ2v) is 7.11. The molecular weight excluding hydrogens is 422 g/mol. The number of carbonyl (C=O) groups excluding carboxylic acids is 1. The fraction of sp³-hybridized carbons (Fsp3) is 0.318. The van der Waals surface area contributed by atoms with E-state index in [9.17, 15) is 4.79 Å². The van der Waals surface area contributed by atoms with Crippen molar-refractivity contribution in [2.75, 3.05) is 30.5 Å². The molecule has 28 heavy (non-hydrogen) atoms. The average molecular weight is 446 g/mol. The number of amides is 1. The zero-order valence-electron chi connectivity index (χ0n) is 15.7. The van der Waals surface area contributed by atoms with Crippen LogP contribution >= 0.6 is 15.9 Å². The highest BCUT2D eigenvalue weighted by Crippen LogP contribution is 2.37. The van der Waals surface area contributed by atoms with Crippen LogP contribution in [0.25, 0.3) is 6.08 Å². The Morgan fingerprint density at radius 3 is 2.71 bits per heavy atom. The standard InChI is InChI=1S/C22H24BrNO4/c23-13-2-1-3-14-26-18-10-7-17(8-11-18)9-12-21(25)24-19-5-4-6-20-22(19)28-16-15-27-20/h4-12H,1-3,13-16H2,(H,24,25)/b12-9+. The monoisotopic (exact) mass is 445 g/mol. The Labute approximate surface area is 173 Å². The van der Waals surface area contributed by atoms with Crippen LogP contribution in [0.5, 0.6) is 17.2 Å². The van der Waals surface area contributed by atoms with Crippen molar-refractivity contribution in [3.63, 3.8) is 0 Å². The van der Waals surface area contributed by atoms with Crippen molar-refractivity contribution in [3.8, 4) is 17.2 Å². The van der Waals surface area contributed by atoms with E-state index in [2.05, 4.69) is 21.2 Å². The second kappa shape index (κ2) is 10.8. The fourth-order valence-corrected chi connectivity index (χ4v) is 3.15. The molecule has 148 valence electrons. The smallest absolute Gasteiger partial charge is 0.248 e. The van der Waals surface area contributed by atoms with Crippen LogP contribution < -0.4 is 19.5 Å².